The van der Waals surface area contributed by atoms with Gasteiger partial charge in [0.15, 0.2) is 6.10 Å². The number of amides is 2. The van der Waals surface area contributed by atoms with Gasteiger partial charge in [-0.05, 0) is 20.3 Å². The fourth-order valence-corrected chi connectivity index (χ4v) is 4.26. The van der Waals surface area contributed by atoms with Crippen LogP contribution in [0, 0.1) is 5.41 Å². The van der Waals surface area contributed by atoms with Gasteiger partial charge in [-0.15, -0.1) is 0 Å². The van der Waals surface area contributed by atoms with Crippen LogP contribution in [0.2, 0.25) is 0 Å². The molecule has 2 amide bonds. The Kier molecular flexibility index (Phi) is 11.9. The van der Waals surface area contributed by atoms with E-state index in [4.69, 9.17) is 21.4 Å². The van der Waals surface area contributed by atoms with Gasteiger partial charge in [0.1, 0.15) is 0 Å². The molecule has 0 aromatic carbocycles. The van der Waals surface area contributed by atoms with Crippen molar-refractivity contribution in [2.45, 2.75) is 58.3 Å². The number of carbonyl (C=O) groups is 3. The Morgan fingerprint density at radius 2 is 1.61 bits per heavy atom. The molecule has 0 aliphatic heterocycles. The first-order chi connectivity index (χ1) is 12.7. The first kappa shape index (κ1) is 27.4. The molecule has 10 heteroatoms. The standard InChI is InChI=1S/C18H33ClN2O5S2/c1-17(2,3)14(26-16(19)25)15(24)21(7)11-10-20(6)13(23)8-9-18(4,5)28-27-12-22/h14,22H,8-12H2,1-7H3. The van der Waals surface area contributed by atoms with Crippen LogP contribution in [0.25, 0.3) is 0 Å². The van der Waals surface area contributed by atoms with E-state index in [1.165, 1.54) is 15.7 Å². The van der Waals surface area contributed by atoms with E-state index in [2.05, 4.69) is 0 Å². The van der Waals surface area contributed by atoms with Crippen molar-refractivity contribution < 1.29 is 24.2 Å². The summed E-state index contributed by atoms with van der Waals surface area (Å²) in [5.41, 5.74) is -1.62. The van der Waals surface area contributed by atoms with E-state index < -0.39 is 16.9 Å². The molecule has 0 fully saturated rings. The quantitative estimate of drug-likeness (QED) is 0.289. The molecule has 1 N–H and O–H groups in total. The van der Waals surface area contributed by atoms with Gasteiger partial charge in [0, 0.05) is 55.4 Å². The number of aliphatic hydroxyl groups excluding tert-OH is 1. The van der Waals surface area contributed by atoms with E-state index in [1.807, 2.05) is 13.8 Å². The molecule has 1 atom stereocenters. The van der Waals surface area contributed by atoms with Gasteiger partial charge in [0.25, 0.3) is 5.91 Å². The Morgan fingerprint density at radius 1 is 1.07 bits per heavy atom. The number of likely N-dealkylation sites (N-methyl/N-ethyl adjacent to an activating group) is 2. The number of hydrogen-bond donors (Lipinski definition) is 1. The molecule has 0 aromatic heterocycles. The Bertz CT molecular complexity index is 541. The monoisotopic (exact) mass is 456 g/mol. The number of aliphatic hydroxyl groups is 1. The van der Waals surface area contributed by atoms with Gasteiger partial charge in [-0.25, -0.2) is 4.79 Å². The van der Waals surface area contributed by atoms with E-state index in [1.54, 1.807) is 50.6 Å². The number of nitrogens with zero attached hydrogens (tertiary/aromatic N) is 2. The molecule has 7 nitrogen and oxygen atoms in total. The Balaban J connectivity index is 4.62. The fraction of sp³-hybridized carbons (Fsp3) is 0.833. The summed E-state index contributed by atoms with van der Waals surface area (Å²) < 4.78 is 4.87. The fourth-order valence-electron chi connectivity index (χ4n) is 2.25. The number of halogens is 1. The van der Waals surface area contributed by atoms with Gasteiger partial charge in [0.2, 0.25) is 5.91 Å². The highest BCUT2D eigenvalue weighted by atomic mass is 35.5. The lowest BCUT2D eigenvalue weighted by molar-refractivity contribution is -0.144. The third-order valence-electron chi connectivity index (χ3n) is 4.07. The summed E-state index contributed by atoms with van der Waals surface area (Å²) >= 11 is 5.30. The second-order valence-electron chi connectivity index (χ2n) is 8.27. The van der Waals surface area contributed by atoms with Gasteiger partial charge < -0.3 is 19.6 Å². The van der Waals surface area contributed by atoms with Crippen molar-refractivity contribution in [2.75, 3.05) is 33.1 Å². The molecule has 0 saturated carbocycles. The molecule has 164 valence electrons. The molecule has 0 aliphatic rings. The molecule has 0 spiro atoms. The second-order valence-corrected chi connectivity index (χ2v) is 11.5. The van der Waals surface area contributed by atoms with Crippen LogP contribution in [0.15, 0.2) is 0 Å². The number of rotatable bonds is 11. The third-order valence-corrected chi connectivity index (χ3v) is 7.06. The molecule has 0 heterocycles. The van der Waals surface area contributed by atoms with Gasteiger partial charge in [0.05, 0.1) is 5.94 Å². The minimum Gasteiger partial charge on any atom is -0.440 e. The van der Waals surface area contributed by atoms with Gasteiger partial charge >= 0.3 is 5.43 Å². The maximum Gasteiger partial charge on any atom is 0.404 e. The largest absolute Gasteiger partial charge is 0.440 e. The molecular formula is C18H33ClN2O5S2. The van der Waals surface area contributed by atoms with Crippen molar-refractivity contribution in [1.29, 1.82) is 0 Å². The molecular weight excluding hydrogens is 424 g/mol. The van der Waals surface area contributed by atoms with Crippen molar-refractivity contribution >= 4 is 50.4 Å². The molecule has 0 aromatic rings. The summed E-state index contributed by atoms with van der Waals surface area (Å²) in [6, 6.07) is 0. The Labute approximate surface area is 181 Å². The maximum absolute atomic E-state index is 12.6. The smallest absolute Gasteiger partial charge is 0.404 e. The molecule has 0 saturated heterocycles. The lowest BCUT2D eigenvalue weighted by atomic mass is 9.88. The minimum atomic E-state index is -1.02. The molecule has 0 radical (unpaired) electrons. The van der Waals surface area contributed by atoms with Crippen molar-refractivity contribution in [2.24, 2.45) is 5.41 Å². The summed E-state index contributed by atoms with van der Waals surface area (Å²) in [4.78, 5) is 39.1. The Hall–Kier alpha value is -0.640. The highest BCUT2D eigenvalue weighted by Gasteiger charge is 2.36. The summed E-state index contributed by atoms with van der Waals surface area (Å²) in [7, 11) is 6.22. The van der Waals surface area contributed by atoms with Crippen LogP contribution in [0.3, 0.4) is 0 Å². The van der Waals surface area contributed by atoms with Crippen molar-refractivity contribution in [3.05, 3.63) is 0 Å². The van der Waals surface area contributed by atoms with E-state index in [-0.39, 0.29) is 22.5 Å². The van der Waals surface area contributed by atoms with Crippen LogP contribution in [-0.2, 0) is 14.3 Å². The van der Waals surface area contributed by atoms with Crippen LogP contribution in [0.1, 0.15) is 47.5 Å². The lowest BCUT2D eigenvalue weighted by Gasteiger charge is -2.32. The zero-order valence-electron chi connectivity index (χ0n) is 17.8. The number of carbonyl (C=O) groups excluding carboxylic acids is 3. The van der Waals surface area contributed by atoms with Crippen LogP contribution < -0.4 is 0 Å². The Morgan fingerprint density at radius 3 is 2.07 bits per heavy atom. The van der Waals surface area contributed by atoms with Crippen molar-refractivity contribution in [3.8, 4) is 0 Å². The van der Waals surface area contributed by atoms with E-state index in [0.717, 1.165) is 0 Å². The lowest BCUT2D eigenvalue weighted by Crippen LogP contribution is -2.47. The number of ether oxygens (including phenoxy) is 1. The molecule has 0 rings (SSSR count). The molecule has 0 aliphatic carbocycles. The SMILES string of the molecule is CN(CCN(C)C(=O)C(OC(=O)Cl)C(C)(C)C)C(=O)CCC(C)(C)SSCO. The average Bonchev–Trinajstić information content (AvgIpc) is 2.58. The first-order valence-electron chi connectivity index (χ1n) is 8.98. The summed E-state index contributed by atoms with van der Waals surface area (Å²) in [5, 5.41) is 8.90. The van der Waals surface area contributed by atoms with Crippen LogP contribution >= 0.6 is 33.2 Å². The average molecular weight is 457 g/mol. The summed E-state index contributed by atoms with van der Waals surface area (Å²) in [5.74, 6) is -0.333. The van der Waals surface area contributed by atoms with Crippen LogP contribution in [0.4, 0.5) is 4.79 Å². The topological polar surface area (TPSA) is 87.2 Å². The molecule has 0 bridgehead atoms. The van der Waals surface area contributed by atoms with E-state index >= 15 is 0 Å². The second kappa shape index (κ2) is 12.1. The molecule has 28 heavy (non-hydrogen) atoms. The van der Waals surface area contributed by atoms with Crippen LogP contribution in [-0.4, -0.2) is 76.1 Å². The highest BCUT2D eigenvalue weighted by molar-refractivity contribution is 8.77. The molecule has 1 unspecified atom stereocenters. The summed E-state index contributed by atoms with van der Waals surface area (Å²) in [6.45, 7) is 10.1. The number of hydrogen-bond acceptors (Lipinski definition) is 7. The minimum absolute atomic E-state index is 0.0110. The van der Waals surface area contributed by atoms with Crippen molar-refractivity contribution in [1.82, 2.24) is 9.80 Å². The van der Waals surface area contributed by atoms with Gasteiger partial charge in [-0.3, -0.25) is 9.59 Å². The zero-order valence-corrected chi connectivity index (χ0v) is 20.2. The summed E-state index contributed by atoms with van der Waals surface area (Å²) in [6.07, 6.45) is 0.0695. The van der Waals surface area contributed by atoms with Gasteiger partial charge in [-0.1, -0.05) is 42.4 Å². The van der Waals surface area contributed by atoms with Crippen molar-refractivity contribution in [3.63, 3.8) is 0 Å². The zero-order chi connectivity index (χ0) is 22.1. The predicted molar refractivity (Wildman–Crippen MR) is 116 cm³/mol. The highest BCUT2D eigenvalue weighted by Crippen LogP contribution is 2.38. The van der Waals surface area contributed by atoms with E-state index in [0.29, 0.717) is 25.9 Å². The predicted octanol–water partition coefficient (Wildman–Crippen LogP) is 3.58. The third kappa shape index (κ3) is 10.8. The van der Waals surface area contributed by atoms with E-state index in [9.17, 15) is 14.4 Å². The van der Waals surface area contributed by atoms with Crippen LogP contribution in [0.5, 0.6) is 0 Å². The normalized spacial score (nSPS) is 13.0. The first-order valence-corrected chi connectivity index (χ1v) is 11.7. The maximum atomic E-state index is 12.6. The van der Waals surface area contributed by atoms with Gasteiger partial charge in [-0.2, -0.15) is 0 Å².